The summed E-state index contributed by atoms with van der Waals surface area (Å²) in [5.74, 6) is -0.260. The number of halogens is 1. The van der Waals surface area contributed by atoms with Gasteiger partial charge in [-0.15, -0.1) is 0 Å². The van der Waals surface area contributed by atoms with Crippen LogP contribution in [0.2, 0.25) is 0 Å². The first-order chi connectivity index (χ1) is 6.37. The molecule has 1 aliphatic rings. The normalized spacial score (nSPS) is 27.7. The van der Waals surface area contributed by atoms with Crippen molar-refractivity contribution in [3.05, 3.63) is 0 Å². The Kier molecular flexibility index (Phi) is 3.48. The third-order valence-electron chi connectivity index (χ3n) is 2.00. The summed E-state index contributed by atoms with van der Waals surface area (Å²) in [6.07, 6.45) is -0.140. The molecule has 0 saturated carbocycles. The zero-order chi connectivity index (χ0) is 10.8. The molecular formula is C10H18FNO2. The second kappa shape index (κ2) is 4.26. The van der Waals surface area contributed by atoms with Crippen LogP contribution < -0.4 is 5.32 Å². The SMILES string of the molecule is CC(C)(C)OC(=O)C[C@@H]1C[C@H](F)CN1. The number of carbonyl (C=O) groups excluding carboxylic acids is 1. The van der Waals surface area contributed by atoms with Gasteiger partial charge in [0.05, 0.1) is 6.42 Å². The minimum Gasteiger partial charge on any atom is -0.460 e. The van der Waals surface area contributed by atoms with Gasteiger partial charge >= 0.3 is 5.97 Å². The third-order valence-corrected chi connectivity index (χ3v) is 2.00. The van der Waals surface area contributed by atoms with Gasteiger partial charge in [0.15, 0.2) is 0 Å². The molecule has 0 bridgehead atoms. The molecular weight excluding hydrogens is 185 g/mol. The first-order valence-electron chi connectivity index (χ1n) is 4.96. The maximum absolute atomic E-state index is 12.7. The van der Waals surface area contributed by atoms with Gasteiger partial charge in [0.1, 0.15) is 11.8 Å². The van der Waals surface area contributed by atoms with Crippen LogP contribution in [0.4, 0.5) is 4.39 Å². The molecule has 0 amide bonds. The van der Waals surface area contributed by atoms with E-state index in [1.54, 1.807) is 0 Å². The summed E-state index contributed by atoms with van der Waals surface area (Å²) in [5.41, 5.74) is -0.454. The predicted octanol–water partition coefficient (Wildman–Crippen LogP) is 1.42. The molecule has 0 aromatic heterocycles. The summed E-state index contributed by atoms with van der Waals surface area (Å²) in [6.45, 7) is 5.83. The Balaban J connectivity index is 2.27. The van der Waals surface area contributed by atoms with Crippen LogP contribution in [0.15, 0.2) is 0 Å². The number of nitrogens with one attached hydrogen (secondary N) is 1. The van der Waals surface area contributed by atoms with E-state index in [4.69, 9.17) is 4.74 Å². The number of hydrogen-bond donors (Lipinski definition) is 1. The Morgan fingerprint density at radius 3 is 2.64 bits per heavy atom. The molecule has 1 aliphatic heterocycles. The van der Waals surface area contributed by atoms with Crippen molar-refractivity contribution in [2.45, 2.75) is 51.4 Å². The largest absolute Gasteiger partial charge is 0.460 e. The van der Waals surface area contributed by atoms with Gasteiger partial charge in [-0.25, -0.2) is 4.39 Å². The maximum Gasteiger partial charge on any atom is 0.307 e. The van der Waals surface area contributed by atoms with E-state index in [0.29, 0.717) is 13.0 Å². The van der Waals surface area contributed by atoms with Gasteiger partial charge in [0, 0.05) is 12.6 Å². The molecule has 4 heteroatoms. The number of rotatable bonds is 2. The maximum atomic E-state index is 12.7. The zero-order valence-electron chi connectivity index (χ0n) is 8.97. The third kappa shape index (κ3) is 4.05. The Labute approximate surface area is 84.0 Å². The van der Waals surface area contributed by atoms with Crippen LogP contribution in [0.3, 0.4) is 0 Å². The molecule has 2 atom stereocenters. The highest BCUT2D eigenvalue weighted by Gasteiger charge is 2.27. The van der Waals surface area contributed by atoms with Crippen molar-refractivity contribution >= 4 is 5.97 Å². The summed E-state index contributed by atoms with van der Waals surface area (Å²) in [5, 5.41) is 2.95. The number of carbonyl (C=O) groups is 1. The molecule has 1 saturated heterocycles. The minimum absolute atomic E-state index is 0.0557. The lowest BCUT2D eigenvalue weighted by molar-refractivity contribution is -0.155. The summed E-state index contributed by atoms with van der Waals surface area (Å²) >= 11 is 0. The van der Waals surface area contributed by atoms with Gasteiger partial charge < -0.3 is 10.1 Å². The summed E-state index contributed by atoms with van der Waals surface area (Å²) in [6, 6.07) is -0.0557. The molecule has 14 heavy (non-hydrogen) atoms. The zero-order valence-corrected chi connectivity index (χ0v) is 8.97. The number of alkyl halides is 1. The van der Waals surface area contributed by atoms with Crippen molar-refractivity contribution in [1.29, 1.82) is 0 Å². The molecule has 0 radical (unpaired) electrons. The second-order valence-corrected chi connectivity index (χ2v) is 4.73. The van der Waals surface area contributed by atoms with Crippen LogP contribution in [-0.4, -0.2) is 30.3 Å². The Morgan fingerprint density at radius 2 is 2.21 bits per heavy atom. The summed E-state index contributed by atoms with van der Waals surface area (Å²) < 4.78 is 17.9. The average Bonchev–Trinajstić information content (AvgIpc) is 2.30. The van der Waals surface area contributed by atoms with Crippen LogP contribution in [-0.2, 0) is 9.53 Å². The lowest BCUT2D eigenvalue weighted by atomic mass is 10.1. The predicted molar refractivity (Wildman–Crippen MR) is 51.8 cm³/mol. The topological polar surface area (TPSA) is 38.3 Å². The molecule has 82 valence electrons. The molecule has 0 aliphatic carbocycles. The molecule has 1 heterocycles. The Morgan fingerprint density at radius 1 is 1.57 bits per heavy atom. The van der Waals surface area contributed by atoms with Crippen LogP contribution in [0, 0.1) is 0 Å². The van der Waals surface area contributed by atoms with Crippen LogP contribution >= 0.6 is 0 Å². The first kappa shape index (κ1) is 11.4. The van der Waals surface area contributed by atoms with Gasteiger partial charge in [-0.05, 0) is 27.2 Å². The van der Waals surface area contributed by atoms with E-state index in [0.717, 1.165) is 0 Å². The van der Waals surface area contributed by atoms with Gasteiger partial charge in [0.2, 0.25) is 0 Å². The van der Waals surface area contributed by atoms with Gasteiger partial charge in [-0.3, -0.25) is 4.79 Å². The minimum atomic E-state index is -0.817. The standard InChI is InChI=1S/C10H18FNO2/c1-10(2,3)14-9(13)5-8-4-7(11)6-12-8/h7-8,12H,4-6H2,1-3H3/t7-,8-/m0/s1. The highest BCUT2D eigenvalue weighted by Crippen LogP contribution is 2.15. The Bertz CT molecular complexity index is 213. The smallest absolute Gasteiger partial charge is 0.307 e. The van der Waals surface area contributed by atoms with Gasteiger partial charge in [-0.1, -0.05) is 0 Å². The van der Waals surface area contributed by atoms with E-state index in [2.05, 4.69) is 5.32 Å². The molecule has 0 aromatic rings. The van der Waals surface area contributed by atoms with Crippen LogP contribution in [0.25, 0.3) is 0 Å². The molecule has 0 aromatic carbocycles. The highest BCUT2D eigenvalue weighted by molar-refractivity contribution is 5.70. The van der Waals surface area contributed by atoms with Crippen molar-refractivity contribution in [2.24, 2.45) is 0 Å². The van der Waals surface area contributed by atoms with E-state index in [1.165, 1.54) is 0 Å². The fourth-order valence-corrected chi connectivity index (χ4v) is 1.51. The van der Waals surface area contributed by atoms with Crippen LogP contribution in [0.1, 0.15) is 33.6 Å². The van der Waals surface area contributed by atoms with Crippen LogP contribution in [0.5, 0.6) is 0 Å². The number of esters is 1. The monoisotopic (exact) mass is 203 g/mol. The fraction of sp³-hybridized carbons (Fsp3) is 0.900. The average molecular weight is 203 g/mol. The van der Waals surface area contributed by atoms with Crippen molar-refractivity contribution in [2.75, 3.05) is 6.54 Å². The van der Waals surface area contributed by atoms with E-state index in [1.807, 2.05) is 20.8 Å². The summed E-state index contributed by atoms with van der Waals surface area (Å²) in [7, 11) is 0. The highest BCUT2D eigenvalue weighted by atomic mass is 19.1. The molecule has 1 fully saturated rings. The first-order valence-corrected chi connectivity index (χ1v) is 4.96. The fourth-order valence-electron chi connectivity index (χ4n) is 1.51. The number of hydrogen-bond acceptors (Lipinski definition) is 3. The Hall–Kier alpha value is -0.640. The molecule has 0 spiro atoms. The van der Waals surface area contributed by atoms with Crippen molar-refractivity contribution in [3.63, 3.8) is 0 Å². The van der Waals surface area contributed by atoms with Crippen molar-refractivity contribution < 1.29 is 13.9 Å². The molecule has 1 rings (SSSR count). The number of ether oxygens (including phenoxy) is 1. The second-order valence-electron chi connectivity index (χ2n) is 4.73. The lowest BCUT2D eigenvalue weighted by Gasteiger charge is -2.20. The summed E-state index contributed by atoms with van der Waals surface area (Å²) in [4.78, 5) is 11.3. The van der Waals surface area contributed by atoms with Gasteiger partial charge in [-0.2, -0.15) is 0 Å². The van der Waals surface area contributed by atoms with E-state index >= 15 is 0 Å². The molecule has 3 nitrogen and oxygen atoms in total. The van der Waals surface area contributed by atoms with Crippen molar-refractivity contribution in [1.82, 2.24) is 5.32 Å². The van der Waals surface area contributed by atoms with E-state index in [9.17, 15) is 9.18 Å². The lowest BCUT2D eigenvalue weighted by Crippen LogP contribution is -2.30. The van der Waals surface area contributed by atoms with E-state index in [-0.39, 0.29) is 18.4 Å². The van der Waals surface area contributed by atoms with Gasteiger partial charge in [0.25, 0.3) is 0 Å². The molecule has 0 unspecified atom stereocenters. The quantitative estimate of drug-likeness (QED) is 0.690. The van der Waals surface area contributed by atoms with Crippen molar-refractivity contribution in [3.8, 4) is 0 Å². The van der Waals surface area contributed by atoms with E-state index < -0.39 is 11.8 Å². The molecule has 1 N–H and O–H groups in total.